The number of benzene rings is 2. The van der Waals surface area contributed by atoms with Crippen LogP contribution in [0.4, 0.5) is 11.4 Å². The van der Waals surface area contributed by atoms with Gasteiger partial charge in [-0.3, -0.25) is 0 Å². The number of rotatable bonds is 3. The second kappa shape index (κ2) is 5.90. The molecule has 0 fully saturated rings. The number of nitrogens with two attached hydrogens (primary N) is 1. The maximum absolute atomic E-state index is 5.98. The van der Waals surface area contributed by atoms with Crippen LogP contribution in [0.2, 0.25) is 5.02 Å². The molecule has 0 spiro atoms. The Bertz CT molecular complexity index is 643. The maximum atomic E-state index is 5.98. The summed E-state index contributed by atoms with van der Waals surface area (Å²) in [5.41, 5.74) is 9.51. The van der Waals surface area contributed by atoms with Gasteiger partial charge in [0.05, 0.1) is 10.7 Å². The normalized spacial score (nSPS) is 10.3. The number of aryl methyl sites for hydroxylation is 1. The first-order valence-corrected chi connectivity index (χ1v) is 7.18. The summed E-state index contributed by atoms with van der Waals surface area (Å²) >= 11 is 14.5. The maximum Gasteiger partial charge on any atom is 0.106 e. The zero-order valence-corrected chi connectivity index (χ0v) is 13.4. The second-order valence-corrected chi connectivity index (χ2v) is 5.82. The van der Waals surface area contributed by atoms with Gasteiger partial charge in [0, 0.05) is 15.7 Å². The fraction of sp³-hybridized carbons (Fsp3) is 0.0714. The van der Waals surface area contributed by atoms with E-state index in [0.717, 1.165) is 27.0 Å². The van der Waals surface area contributed by atoms with Crippen LogP contribution in [0.15, 0.2) is 40.9 Å². The molecule has 0 saturated heterocycles. The van der Waals surface area contributed by atoms with E-state index in [1.807, 2.05) is 43.3 Å². The summed E-state index contributed by atoms with van der Waals surface area (Å²) < 4.78 is 0.838. The predicted octanol–water partition coefficient (Wildman–Crippen LogP) is 4.79. The van der Waals surface area contributed by atoms with E-state index in [1.54, 1.807) is 0 Å². The van der Waals surface area contributed by atoms with E-state index in [9.17, 15) is 0 Å². The van der Waals surface area contributed by atoms with Crippen molar-refractivity contribution in [2.45, 2.75) is 6.92 Å². The van der Waals surface area contributed by atoms with Crippen LogP contribution in [0.25, 0.3) is 0 Å². The lowest BCUT2D eigenvalue weighted by atomic mass is 10.1. The SMILES string of the molecule is Cc1cccc(C(N)=S)c1Nc1ccc(Cl)c(Br)c1. The van der Waals surface area contributed by atoms with Gasteiger partial charge in [0.25, 0.3) is 0 Å². The molecule has 3 N–H and O–H groups in total. The summed E-state index contributed by atoms with van der Waals surface area (Å²) in [6.07, 6.45) is 0. The Morgan fingerprint density at radius 1 is 1.32 bits per heavy atom. The minimum Gasteiger partial charge on any atom is -0.389 e. The molecule has 0 saturated carbocycles. The molecular formula is C14H12BrClN2S. The molecule has 0 radical (unpaired) electrons. The molecule has 2 nitrogen and oxygen atoms in total. The fourth-order valence-electron chi connectivity index (χ4n) is 1.76. The highest BCUT2D eigenvalue weighted by Gasteiger charge is 2.08. The van der Waals surface area contributed by atoms with E-state index in [2.05, 4.69) is 21.2 Å². The van der Waals surface area contributed by atoms with E-state index in [4.69, 9.17) is 29.6 Å². The molecule has 0 heterocycles. The monoisotopic (exact) mass is 354 g/mol. The van der Waals surface area contributed by atoms with Crippen LogP contribution in [0.1, 0.15) is 11.1 Å². The standard InChI is InChI=1S/C14H12BrClN2S/c1-8-3-2-4-10(14(17)19)13(8)18-9-5-6-12(16)11(15)7-9/h2-7,18H,1H3,(H2,17,19). The Balaban J connectivity index is 2.42. The third-order valence-corrected chi connectivity index (χ3v) is 4.16. The van der Waals surface area contributed by atoms with Crippen LogP contribution in [0, 0.1) is 6.92 Å². The lowest BCUT2D eigenvalue weighted by Crippen LogP contribution is -2.12. The van der Waals surface area contributed by atoms with Gasteiger partial charge in [-0.1, -0.05) is 36.0 Å². The summed E-state index contributed by atoms with van der Waals surface area (Å²) in [7, 11) is 0. The minimum absolute atomic E-state index is 0.374. The Hall–Kier alpha value is -1.10. The van der Waals surface area contributed by atoms with Gasteiger partial charge >= 0.3 is 0 Å². The molecule has 2 rings (SSSR count). The van der Waals surface area contributed by atoms with E-state index >= 15 is 0 Å². The molecule has 5 heteroatoms. The van der Waals surface area contributed by atoms with E-state index in [-0.39, 0.29) is 0 Å². The van der Waals surface area contributed by atoms with Gasteiger partial charge in [0.1, 0.15) is 4.99 Å². The van der Waals surface area contributed by atoms with E-state index in [0.29, 0.717) is 10.0 Å². The Morgan fingerprint density at radius 3 is 2.68 bits per heavy atom. The molecule has 0 bridgehead atoms. The van der Waals surface area contributed by atoms with Crippen LogP contribution in [0.5, 0.6) is 0 Å². The first kappa shape index (κ1) is 14.3. The molecule has 98 valence electrons. The lowest BCUT2D eigenvalue weighted by Gasteiger charge is -2.14. The summed E-state index contributed by atoms with van der Waals surface area (Å²) in [4.78, 5) is 0.374. The minimum atomic E-state index is 0.374. The van der Waals surface area contributed by atoms with Gasteiger partial charge in [-0.05, 0) is 52.7 Å². The van der Waals surface area contributed by atoms with E-state index < -0.39 is 0 Å². The largest absolute Gasteiger partial charge is 0.389 e. The van der Waals surface area contributed by atoms with Crippen molar-refractivity contribution >= 4 is 56.1 Å². The first-order chi connectivity index (χ1) is 8.99. The third-order valence-electron chi connectivity index (χ3n) is 2.73. The first-order valence-electron chi connectivity index (χ1n) is 5.60. The average molecular weight is 356 g/mol. The highest BCUT2D eigenvalue weighted by Crippen LogP contribution is 2.29. The fourth-order valence-corrected chi connectivity index (χ4v) is 2.42. The number of anilines is 2. The summed E-state index contributed by atoms with van der Waals surface area (Å²) in [5, 5.41) is 4.01. The van der Waals surface area contributed by atoms with Crippen LogP contribution in [-0.4, -0.2) is 4.99 Å². The molecule has 0 aliphatic heterocycles. The highest BCUT2D eigenvalue weighted by molar-refractivity contribution is 9.10. The summed E-state index contributed by atoms with van der Waals surface area (Å²) in [6.45, 7) is 2.01. The molecule has 0 aromatic heterocycles. The molecule has 2 aromatic carbocycles. The number of hydrogen-bond donors (Lipinski definition) is 2. The van der Waals surface area contributed by atoms with Crippen molar-refractivity contribution in [2.24, 2.45) is 5.73 Å². The van der Waals surface area contributed by atoms with Crippen molar-refractivity contribution in [3.05, 3.63) is 57.0 Å². The van der Waals surface area contributed by atoms with Crippen molar-refractivity contribution in [3.8, 4) is 0 Å². The highest BCUT2D eigenvalue weighted by atomic mass is 79.9. The van der Waals surface area contributed by atoms with Crippen molar-refractivity contribution in [3.63, 3.8) is 0 Å². The zero-order chi connectivity index (χ0) is 14.0. The molecule has 0 aliphatic carbocycles. The molecule has 0 atom stereocenters. The number of halogens is 2. The smallest absolute Gasteiger partial charge is 0.106 e. The molecule has 19 heavy (non-hydrogen) atoms. The lowest BCUT2D eigenvalue weighted by molar-refractivity contribution is 1.41. The van der Waals surface area contributed by atoms with Crippen molar-refractivity contribution < 1.29 is 0 Å². The number of nitrogens with one attached hydrogen (secondary N) is 1. The topological polar surface area (TPSA) is 38.0 Å². The van der Waals surface area contributed by atoms with Crippen molar-refractivity contribution in [2.75, 3.05) is 5.32 Å². The van der Waals surface area contributed by atoms with Gasteiger partial charge in [0.15, 0.2) is 0 Å². The average Bonchev–Trinajstić information content (AvgIpc) is 2.36. The Labute approximate surface area is 131 Å². The molecule has 0 aliphatic rings. The van der Waals surface area contributed by atoms with Crippen LogP contribution in [0.3, 0.4) is 0 Å². The van der Waals surface area contributed by atoms with Gasteiger partial charge in [-0.2, -0.15) is 0 Å². The van der Waals surface area contributed by atoms with Gasteiger partial charge in [-0.15, -0.1) is 0 Å². The zero-order valence-electron chi connectivity index (χ0n) is 10.2. The predicted molar refractivity (Wildman–Crippen MR) is 89.5 cm³/mol. The quantitative estimate of drug-likeness (QED) is 0.778. The Morgan fingerprint density at radius 2 is 2.05 bits per heavy atom. The second-order valence-electron chi connectivity index (χ2n) is 4.12. The van der Waals surface area contributed by atoms with Gasteiger partial charge in [-0.25, -0.2) is 0 Å². The molecule has 2 aromatic rings. The number of hydrogen-bond acceptors (Lipinski definition) is 2. The summed E-state index contributed by atoms with van der Waals surface area (Å²) in [5.74, 6) is 0. The van der Waals surface area contributed by atoms with Crippen LogP contribution >= 0.6 is 39.7 Å². The van der Waals surface area contributed by atoms with Gasteiger partial charge < -0.3 is 11.1 Å². The Kier molecular flexibility index (Phi) is 4.45. The van der Waals surface area contributed by atoms with Crippen molar-refractivity contribution in [1.82, 2.24) is 0 Å². The number of thiocarbonyl (C=S) groups is 1. The van der Waals surface area contributed by atoms with E-state index in [1.165, 1.54) is 0 Å². The van der Waals surface area contributed by atoms with Crippen LogP contribution < -0.4 is 11.1 Å². The molecule has 0 unspecified atom stereocenters. The van der Waals surface area contributed by atoms with Crippen LogP contribution in [-0.2, 0) is 0 Å². The number of para-hydroxylation sites is 1. The van der Waals surface area contributed by atoms with Crippen molar-refractivity contribution in [1.29, 1.82) is 0 Å². The molecule has 0 amide bonds. The third kappa shape index (κ3) is 3.26. The molecular weight excluding hydrogens is 344 g/mol. The van der Waals surface area contributed by atoms with Gasteiger partial charge in [0.2, 0.25) is 0 Å². The summed E-state index contributed by atoms with van der Waals surface area (Å²) in [6, 6.07) is 11.5.